The Labute approximate surface area is 135 Å². The molecule has 2 fully saturated rings. The van der Waals surface area contributed by atoms with Crippen molar-refractivity contribution in [2.75, 3.05) is 19.6 Å². The van der Waals surface area contributed by atoms with Crippen molar-refractivity contribution in [2.45, 2.75) is 57.2 Å². The highest BCUT2D eigenvalue weighted by molar-refractivity contribution is 5.83. The van der Waals surface area contributed by atoms with Crippen molar-refractivity contribution in [3.05, 3.63) is 0 Å². The molecule has 0 aromatic rings. The number of carbonyl (C=O) groups is 3. The van der Waals surface area contributed by atoms with Gasteiger partial charge in [-0.15, -0.1) is 0 Å². The Morgan fingerprint density at radius 1 is 1.43 bits per heavy atom. The molecule has 0 aromatic heterocycles. The molecule has 0 radical (unpaired) electrons. The summed E-state index contributed by atoms with van der Waals surface area (Å²) in [7, 11) is 0. The number of carbonyl (C=O) groups excluding carboxylic acids is 2. The summed E-state index contributed by atoms with van der Waals surface area (Å²) in [5, 5.41) is 15.1. The van der Waals surface area contributed by atoms with Gasteiger partial charge in [0.05, 0.1) is 18.0 Å². The number of nitrogens with zero attached hydrogens (tertiary/aromatic N) is 1. The number of carboxylic acids is 1. The summed E-state index contributed by atoms with van der Waals surface area (Å²) in [6.45, 7) is 6.42. The lowest BCUT2D eigenvalue weighted by atomic mass is 9.84. The smallest absolute Gasteiger partial charge is 0.410 e. The van der Waals surface area contributed by atoms with Crippen molar-refractivity contribution < 1.29 is 24.2 Å². The molecular weight excluding hydrogens is 302 g/mol. The SMILES string of the molecule is CC(C)(C)OC(=O)N1CC(CC(=O)O)(NC2CCCNC2=O)C1. The summed E-state index contributed by atoms with van der Waals surface area (Å²) in [6.07, 6.45) is 0.909. The number of piperidine rings is 1. The highest BCUT2D eigenvalue weighted by Crippen LogP contribution is 2.28. The summed E-state index contributed by atoms with van der Waals surface area (Å²) in [6, 6.07) is -0.413. The van der Waals surface area contributed by atoms with Gasteiger partial charge in [0.2, 0.25) is 5.91 Å². The van der Waals surface area contributed by atoms with Crippen LogP contribution in [0.2, 0.25) is 0 Å². The van der Waals surface area contributed by atoms with Gasteiger partial charge >= 0.3 is 12.1 Å². The van der Waals surface area contributed by atoms with Crippen LogP contribution in [0, 0.1) is 0 Å². The van der Waals surface area contributed by atoms with E-state index in [0.29, 0.717) is 13.0 Å². The monoisotopic (exact) mass is 327 g/mol. The van der Waals surface area contributed by atoms with Crippen molar-refractivity contribution in [2.24, 2.45) is 0 Å². The Morgan fingerprint density at radius 3 is 2.61 bits per heavy atom. The van der Waals surface area contributed by atoms with Gasteiger partial charge in [-0.2, -0.15) is 0 Å². The fourth-order valence-electron chi connectivity index (χ4n) is 2.96. The van der Waals surface area contributed by atoms with Crippen LogP contribution in [0.1, 0.15) is 40.0 Å². The molecule has 2 heterocycles. The molecule has 3 N–H and O–H groups in total. The Balaban J connectivity index is 1.98. The molecule has 0 bridgehead atoms. The fraction of sp³-hybridized carbons (Fsp3) is 0.800. The lowest BCUT2D eigenvalue weighted by Gasteiger charge is -2.51. The maximum absolute atomic E-state index is 12.0. The van der Waals surface area contributed by atoms with Crippen LogP contribution in [-0.4, -0.2) is 64.8 Å². The summed E-state index contributed by atoms with van der Waals surface area (Å²) in [5.41, 5.74) is -1.37. The summed E-state index contributed by atoms with van der Waals surface area (Å²) >= 11 is 0. The second-order valence-corrected chi connectivity index (χ2v) is 7.32. The maximum atomic E-state index is 12.0. The van der Waals surface area contributed by atoms with Crippen molar-refractivity contribution in [3.8, 4) is 0 Å². The lowest BCUT2D eigenvalue weighted by Crippen LogP contribution is -2.74. The first kappa shape index (κ1) is 17.5. The molecule has 2 aliphatic heterocycles. The van der Waals surface area contributed by atoms with Crippen molar-refractivity contribution >= 4 is 18.0 Å². The normalized spacial score (nSPS) is 23.7. The molecule has 1 unspecified atom stereocenters. The Bertz CT molecular complexity index is 494. The van der Waals surface area contributed by atoms with Crippen molar-refractivity contribution in [3.63, 3.8) is 0 Å². The zero-order valence-electron chi connectivity index (χ0n) is 13.8. The van der Waals surface area contributed by atoms with Crippen LogP contribution in [-0.2, 0) is 14.3 Å². The van der Waals surface area contributed by atoms with E-state index < -0.39 is 29.2 Å². The molecule has 8 heteroatoms. The largest absolute Gasteiger partial charge is 0.481 e. The molecular formula is C15H25N3O5. The second kappa shape index (κ2) is 6.35. The number of nitrogens with one attached hydrogen (secondary N) is 2. The van der Waals surface area contributed by atoms with Crippen LogP contribution in [0.15, 0.2) is 0 Å². The Morgan fingerprint density at radius 2 is 2.09 bits per heavy atom. The minimum atomic E-state index is -0.961. The molecule has 8 nitrogen and oxygen atoms in total. The van der Waals surface area contributed by atoms with Gasteiger partial charge in [-0.1, -0.05) is 0 Å². The highest BCUT2D eigenvalue weighted by atomic mass is 16.6. The van der Waals surface area contributed by atoms with E-state index in [0.717, 1.165) is 6.42 Å². The number of hydrogen-bond acceptors (Lipinski definition) is 5. The van der Waals surface area contributed by atoms with Gasteiger partial charge in [0.1, 0.15) is 5.60 Å². The Kier molecular flexibility index (Phi) is 4.84. The number of rotatable bonds is 4. The van der Waals surface area contributed by atoms with Gasteiger partial charge in [0.25, 0.3) is 0 Å². The molecule has 2 rings (SSSR count). The minimum absolute atomic E-state index is 0.114. The third kappa shape index (κ3) is 4.57. The van der Waals surface area contributed by atoms with Gasteiger partial charge < -0.3 is 20.1 Å². The molecule has 130 valence electrons. The van der Waals surface area contributed by atoms with Crippen molar-refractivity contribution in [1.29, 1.82) is 0 Å². The van der Waals surface area contributed by atoms with Gasteiger partial charge in [-0.25, -0.2) is 4.79 Å². The zero-order valence-corrected chi connectivity index (χ0v) is 13.8. The third-order valence-corrected chi connectivity index (χ3v) is 3.89. The predicted octanol–water partition coefficient (Wildman–Crippen LogP) is 0.319. The van der Waals surface area contributed by atoms with Gasteiger partial charge in [-0.3, -0.25) is 14.9 Å². The number of amides is 2. The van der Waals surface area contributed by atoms with E-state index in [4.69, 9.17) is 9.84 Å². The van der Waals surface area contributed by atoms with E-state index >= 15 is 0 Å². The second-order valence-electron chi connectivity index (χ2n) is 7.32. The number of ether oxygens (including phenoxy) is 1. The summed E-state index contributed by atoms with van der Waals surface area (Å²) < 4.78 is 5.28. The van der Waals surface area contributed by atoms with Gasteiger partial charge in [0.15, 0.2) is 0 Å². The van der Waals surface area contributed by atoms with Crippen LogP contribution in [0.5, 0.6) is 0 Å². The van der Waals surface area contributed by atoms with Crippen LogP contribution in [0.3, 0.4) is 0 Å². The topological polar surface area (TPSA) is 108 Å². The van der Waals surface area contributed by atoms with Crippen LogP contribution in [0.4, 0.5) is 4.79 Å². The number of likely N-dealkylation sites (tertiary alicyclic amines) is 1. The number of aliphatic carboxylic acids is 1. The Hall–Kier alpha value is -1.83. The minimum Gasteiger partial charge on any atom is -0.481 e. The highest BCUT2D eigenvalue weighted by Gasteiger charge is 2.49. The molecule has 0 saturated carbocycles. The van der Waals surface area contributed by atoms with Gasteiger partial charge in [0, 0.05) is 19.6 Å². The van der Waals surface area contributed by atoms with Gasteiger partial charge in [-0.05, 0) is 33.6 Å². The molecule has 1 atom stereocenters. The van der Waals surface area contributed by atoms with Crippen LogP contribution >= 0.6 is 0 Å². The number of carboxylic acid groups (broad SMARTS) is 1. The number of hydrogen-bond donors (Lipinski definition) is 3. The molecule has 0 spiro atoms. The maximum Gasteiger partial charge on any atom is 0.410 e. The lowest BCUT2D eigenvalue weighted by molar-refractivity contribution is -0.142. The van der Waals surface area contributed by atoms with E-state index in [-0.39, 0.29) is 25.4 Å². The molecule has 0 aromatic carbocycles. The molecule has 23 heavy (non-hydrogen) atoms. The van der Waals surface area contributed by atoms with E-state index in [1.165, 1.54) is 4.90 Å². The van der Waals surface area contributed by atoms with E-state index in [2.05, 4.69) is 10.6 Å². The fourth-order valence-corrected chi connectivity index (χ4v) is 2.96. The van der Waals surface area contributed by atoms with Crippen molar-refractivity contribution in [1.82, 2.24) is 15.5 Å². The molecule has 2 saturated heterocycles. The average Bonchev–Trinajstić information content (AvgIpc) is 2.35. The van der Waals surface area contributed by atoms with E-state index in [9.17, 15) is 14.4 Å². The van der Waals surface area contributed by atoms with Crippen LogP contribution in [0.25, 0.3) is 0 Å². The molecule has 2 aliphatic rings. The molecule has 2 amide bonds. The van der Waals surface area contributed by atoms with Crippen LogP contribution < -0.4 is 10.6 Å². The molecule has 0 aliphatic carbocycles. The third-order valence-electron chi connectivity index (χ3n) is 3.89. The van der Waals surface area contributed by atoms with E-state index in [1.54, 1.807) is 20.8 Å². The first-order chi connectivity index (χ1) is 10.6. The summed E-state index contributed by atoms with van der Waals surface area (Å²) in [4.78, 5) is 36.5. The predicted molar refractivity (Wildman–Crippen MR) is 82.0 cm³/mol. The average molecular weight is 327 g/mol. The quantitative estimate of drug-likeness (QED) is 0.686. The first-order valence-electron chi connectivity index (χ1n) is 7.85. The zero-order chi connectivity index (χ0) is 17.3. The summed E-state index contributed by atoms with van der Waals surface area (Å²) in [5.74, 6) is -1.07. The standard InChI is InChI=1S/C15H25N3O5/c1-14(2,3)23-13(22)18-8-15(9-18,7-11(19)20)17-10-5-4-6-16-12(10)21/h10,17H,4-9H2,1-3H3,(H,16,21)(H,19,20). The van der Waals surface area contributed by atoms with E-state index in [1.807, 2.05) is 0 Å². The first-order valence-corrected chi connectivity index (χ1v) is 7.85.